The van der Waals surface area contributed by atoms with Crippen LogP contribution in [0.2, 0.25) is 0 Å². The summed E-state index contributed by atoms with van der Waals surface area (Å²) in [4.78, 5) is 12.5. The third-order valence-corrected chi connectivity index (χ3v) is 3.61. The molecule has 0 fully saturated rings. The number of rotatable bonds is 1. The molecule has 2 amide bonds. The molecule has 1 atom stereocenters. The van der Waals surface area contributed by atoms with E-state index >= 15 is 0 Å². The minimum atomic E-state index is -0.351. The van der Waals surface area contributed by atoms with Gasteiger partial charge < -0.3 is 10.6 Å². The number of nitrogens with one attached hydrogen (secondary N) is 2. The topological polar surface area (TPSA) is 41.1 Å². The summed E-state index contributed by atoms with van der Waals surface area (Å²) in [6, 6.07) is 7.82. The number of amides is 2. The van der Waals surface area contributed by atoms with E-state index in [1.54, 1.807) is 17.4 Å². The van der Waals surface area contributed by atoms with Crippen LogP contribution in [-0.4, -0.2) is 6.03 Å². The summed E-state index contributed by atoms with van der Waals surface area (Å²) in [5.41, 5.74) is 1.42. The number of hydrogen-bond acceptors (Lipinski definition) is 2. The van der Waals surface area contributed by atoms with Gasteiger partial charge in [-0.2, -0.15) is 0 Å². The van der Waals surface area contributed by atoms with Gasteiger partial charge in [0.25, 0.3) is 0 Å². The lowest BCUT2D eigenvalue weighted by Crippen LogP contribution is -2.37. The highest BCUT2D eigenvalue weighted by Crippen LogP contribution is 2.33. The van der Waals surface area contributed by atoms with Gasteiger partial charge in [0.15, 0.2) is 0 Å². The third-order valence-electron chi connectivity index (χ3n) is 2.68. The molecule has 3 nitrogen and oxygen atoms in total. The quantitative estimate of drug-likeness (QED) is 0.800. The first kappa shape index (κ1) is 10.3. The number of anilines is 1. The van der Waals surface area contributed by atoms with Crippen LogP contribution < -0.4 is 10.6 Å². The van der Waals surface area contributed by atoms with E-state index in [0.29, 0.717) is 5.69 Å². The van der Waals surface area contributed by atoms with Crippen molar-refractivity contribution < 1.29 is 9.18 Å². The molecule has 1 unspecified atom stereocenters. The Morgan fingerprint density at radius 1 is 1.29 bits per heavy atom. The summed E-state index contributed by atoms with van der Waals surface area (Å²) in [5.74, 6) is -0.351. The number of thiophene rings is 1. The standard InChI is InChI=1S/C12H9FN2OS/c13-7-3-4-8-9(6-7)14-12(16)15-11(8)10-2-1-5-17-10/h1-6,11H,(H2,14,15,16). The minimum Gasteiger partial charge on any atom is -0.326 e. The van der Waals surface area contributed by atoms with Crippen LogP contribution in [0, 0.1) is 5.82 Å². The Kier molecular flexibility index (Phi) is 2.33. The fourth-order valence-electron chi connectivity index (χ4n) is 1.94. The number of urea groups is 1. The van der Waals surface area contributed by atoms with E-state index in [1.807, 2.05) is 17.5 Å². The Labute approximate surface area is 101 Å². The molecule has 0 saturated carbocycles. The molecule has 5 heteroatoms. The van der Waals surface area contributed by atoms with Crippen molar-refractivity contribution in [1.29, 1.82) is 0 Å². The Hall–Kier alpha value is -1.88. The average Bonchev–Trinajstić information content (AvgIpc) is 2.80. The van der Waals surface area contributed by atoms with E-state index in [-0.39, 0.29) is 17.9 Å². The lowest BCUT2D eigenvalue weighted by Gasteiger charge is -2.26. The summed E-state index contributed by atoms with van der Waals surface area (Å²) < 4.78 is 13.1. The summed E-state index contributed by atoms with van der Waals surface area (Å²) in [6.45, 7) is 0. The summed E-state index contributed by atoms with van der Waals surface area (Å²) in [7, 11) is 0. The zero-order chi connectivity index (χ0) is 11.8. The lowest BCUT2D eigenvalue weighted by atomic mass is 10.0. The molecule has 86 valence electrons. The van der Waals surface area contributed by atoms with E-state index in [1.165, 1.54) is 12.1 Å². The Balaban J connectivity index is 2.11. The van der Waals surface area contributed by atoms with Crippen LogP contribution in [-0.2, 0) is 0 Å². The molecular weight excluding hydrogens is 239 g/mol. The Morgan fingerprint density at radius 3 is 2.94 bits per heavy atom. The average molecular weight is 248 g/mol. The molecule has 2 aromatic rings. The highest BCUT2D eigenvalue weighted by Gasteiger charge is 2.26. The molecule has 3 rings (SSSR count). The van der Waals surface area contributed by atoms with Crippen LogP contribution in [0.25, 0.3) is 0 Å². The number of carbonyl (C=O) groups excluding carboxylic acids is 1. The maximum absolute atomic E-state index is 13.1. The van der Waals surface area contributed by atoms with Gasteiger partial charge in [-0.15, -0.1) is 11.3 Å². The van der Waals surface area contributed by atoms with Crippen LogP contribution in [0.4, 0.5) is 14.9 Å². The van der Waals surface area contributed by atoms with Crippen molar-refractivity contribution in [3.63, 3.8) is 0 Å². The van der Waals surface area contributed by atoms with Gasteiger partial charge in [-0.05, 0) is 23.6 Å². The normalized spacial score (nSPS) is 18.2. The predicted octanol–water partition coefficient (Wildman–Crippen LogP) is 3.11. The molecule has 1 aliphatic heterocycles. The first-order valence-electron chi connectivity index (χ1n) is 5.14. The van der Waals surface area contributed by atoms with Crippen molar-refractivity contribution in [2.45, 2.75) is 6.04 Å². The predicted molar refractivity (Wildman–Crippen MR) is 64.7 cm³/mol. The second-order valence-electron chi connectivity index (χ2n) is 3.78. The summed E-state index contributed by atoms with van der Waals surface area (Å²) >= 11 is 1.56. The van der Waals surface area contributed by atoms with Gasteiger partial charge in [-0.25, -0.2) is 9.18 Å². The Bertz CT molecular complexity index is 568. The summed E-state index contributed by atoms with van der Waals surface area (Å²) in [6.07, 6.45) is 0. The largest absolute Gasteiger partial charge is 0.326 e. The van der Waals surface area contributed by atoms with Crippen molar-refractivity contribution in [1.82, 2.24) is 5.32 Å². The molecule has 2 heterocycles. The first-order chi connectivity index (χ1) is 8.24. The molecule has 0 radical (unpaired) electrons. The second-order valence-corrected chi connectivity index (χ2v) is 4.76. The van der Waals surface area contributed by atoms with Gasteiger partial charge in [0, 0.05) is 10.4 Å². The molecule has 0 saturated heterocycles. The monoisotopic (exact) mass is 248 g/mol. The summed E-state index contributed by atoms with van der Waals surface area (Å²) in [5, 5.41) is 7.39. The number of benzene rings is 1. The van der Waals surface area contributed by atoms with Crippen LogP contribution in [0.3, 0.4) is 0 Å². The third kappa shape index (κ3) is 1.78. The number of carbonyl (C=O) groups is 1. The van der Waals surface area contributed by atoms with E-state index in [2.05, 4.69) is 10.6 Å². The van der Waals surface area contributed by atoms with Crippen molar-refractivity contribution in [2.24, 2.45) is 0 Å². The van der Waals surface area contributed by atoms with E-state index < -0.39 is 0 Å². The zero-order valence-electron chi connectivity index (χ0n) is 8.74. The van der Waals surface area contributed by atoms with E-state index in [0.717, 1.165) is 10.4 Å². The smallest absolute Gasteiger partial charge is 0.320 e. The molecular formula is C12H9FN2OS. The van der Waals surface area contributed by atoms with Crippen molar-refractivity contribution in [3.8, 4) is 0 Å². The second kappa shape index (κ2) is 3.85. The SMILES string of the molecule is O=C1Nc2cc(F)ccc2C(c2cccs2)N1. The van der Waals surface area contributed by atoms with Gasteiger partial charge in [0.2, 0.25) is 0 Å². The molecule has 1 aromatic heterocycles. The van der Waals surface area contributed by atoms with Gasteiger partial charge in [-0.3, -0.25) is 0 Å². The van der Waals surface area contributed by atoms with Crippen LogP contribution >= 0.6 is 11.3 Å². The molecule has 1 aromatic carbocycles. The molecule has 0 bridgehead atoms. The molecule has 2 N–H and O–H groups in total. The molecule has 17 heavy (non-hydrogen) atoms. The fourth-order valence-corrected chi connectivity index (χ4v) is 2.73. The minimum absolute atomic E-state index is 0.195. The molecule has 0 spiro atoms. The van der Waals surface area contributed by atoms with Crippen LogP contribution in [0.1, 0.15) is 16.5 Å². The van der Waals surface area contributed by atoms with Crippen LogP contribution in [0.15, 0.2) is 35.7 Å². The van der Waals surface area contributed by atoms with Crippen molar-refractivity contribution in [2.75, 3.05) is 5.32 Å². The number of hydrogen-bond donors (Lipinski definition) is 2. The first-order valence-corrected chi connectivity index (χ1v) is 6.02. The van der Waals surface area contributed by atoms with Crippen molar-refractivity contribution in [3.05, 3.63) is 52.0 Å². The Morgan fingerprint density at radius 2 is 2.18 bits per heavy atom. The van der Waals surface area contributed by atoms with Gasteiger partial charge in [-0.1, -0.05) is 12.1 Å². The lowest BCUT2D eigenvalue weighted by molar-refractivity contribution is 0.249. The molecule has 1 aliphatic rings. The number of fused-ring (bicyclic) bond motifs is 1. The zero-order valence-corrected chi connectivity index (χ0v) is 9.55. The number of halogens is 1. The van der Waals surface area contributed by atoms with Gasteiger partial charge in [0.05, 0.1) is 11.7 Å². The van der Waals surface area contributed by atoms with E-state index in [9.17, 15) is 9.18 Å². The van der Waals surface area contributed by atoms with E-state index in [4.69, 9.17) is 0 Å². The van der Waals surface area contributed by atoms with Gasteiger partial charge in [0.1, 0.15) is 5.82 Å². The highest BCUT2D eigenvalue weighted by atomic mass is 32.1. The fraction of sp³-hybridized carbons (Fsp3) is 0.0833. The van der Waals surface area contributed by atoms with Crippen LogP contribution in [0.5, 0.6) is 0 Å². The maximum Gasteiger partial charge on any atom is 0.320 e. The van der Waals surface area contributed by atoms with Crippen molar-refractivity contribution >= 4 is 23.1 Å². The highest BCUT2D eigenvalue weighted by molar-refractivity contribution is 7.10. The maximum atomic E-state index is 13.1. The molecule has 0 aliphatic carbocycles. The van der Waals surface area contributed by atoms with Gasteiger partial charge >= 0.3 is 6.03 Å².